The maximum atomic E-state index is 11.0. The molecule has 0 fully saturated rings. The second-order valence-electron chi connectivity index (χ2n) is 3.98. The molecular weight excluding hydrogens is 206 g/mol. The molecule has 14 heavy (non-hydrogen) atoms. The first-order valence-electron chi connectivity index (χ1n) is 4.29. The van der Waals surface area contributed by atoms with Crippen LogP contribution in [0.25, 0.3) is 0 Å². The molecule has 0 aliphatic carbocycles. The van der Waals surface area contributed by atoms with Crippen molar-refractivity contribution < 1.29 is 14.3 Å². The van der Waals surface area contributed by atoms with Crippen molar-refractivity contribution >= 4 is 18.4 Å². The van der Waals surface area contributed by atoms with E-state index in [9.17, 15) is 4.79 Å². The fraction of sp³-hybridized carbons (Fsp3) is 0.889. The van der Waals surface area contributed by atoms with Gasteiger partial charge in [0.2, 0.25) is 0 Å². The van der Waals surface area contributed by atoms with Crippen LogP contribution in [-0.4, -0.2) is 30.8 Å². The number of esters is 1. The van der Waals surface area contributed by atoms with E-state index in [1.54, 1.807) is 6.92 Å². The van der Waals surface area contributed by atoms with Gasteiger partial charge in [0.1, 0.15) is 6.04 Å². The predicted octanol–water partition coefficient (Wildman–Crippen LogP) is 1.11. The van der Waals surface area contributed by atoms with E-state index in [1.165, 1.54) is 7.11 Å². The second kappa shape index (κ2) is 6.22. The van der Waals surface area contributed by atoms with Gasteiger partial charge in [0.15, 0.2) is 0 Å². The lowest BCUT2D eigenvalue weighted by Gasteiger charge is -2.27. The third kappa shape index (κ3) is 6.18. The van der Waals surface area contributed by atoms with Crippen LogP contribution in [-0.2, 0) is 14.3 Å². The van der Waals surface area contributed by atoms with Gasteiger partial charge >= 0.3 is 5.97 Å². The highest BCUT2D eigenvalue weighted by molar-refractivity contribution is 5.85. The Labute approximate surface area is 91.5 Å². The van der Waals surface area contributed by atoms with E-state index in [-0.39, 0.29) is 24.1 Å². The quantitative estimate of drug-likeness (QED) is 0.731. The van der Waals surface area contributed by atoms with Gasteiger partial charge in [-0.1, -0.05) is 0 Å². The standard InChI is InChI=1S/C9H19NO3.ClH/c1-6(13-9(2,3)4)7(10)8(11)12-5;/h6-7H,10H2,1-5H3;1H/t6-,7+;/m1./s1. The summed E-state index contributed by atoms with van der Waals surface area (Å²) in [4.78, 5) is 11.0. The number of hydrogen-bond donors (Lipinski definition) is 1. The first-order chi connectivity index (χ1) is 5.78. The Hall–Kier alpha value is -0.320. The van der Waals surface area contributed by atoms with Gasteiger partial charge in [-0.2, -0.15) is 0 Å². The lowest BCUT2D eigenvalue weighted by molar-refractivity contribution is -0.149. The Morgan fingerprint density at radius 3 is 2.07 bits per heavy atom. The van der Waals surface area contributed by atoms with Gasteiger partial charge in [-0.3, -0.25) is 4.79 Å². The van der Waals surface area contributed by atoms with Crippen LogP contribution in [0.4, 0.5) is 0 Å². The number of nitrogens with two attached hydrogens (primary N) is 1. The number of carbonyl (C=O) groups excluding carboxylic acids is 1. The summed E-state index contributed by atoms with van der Waals surface area (Å²) in [7, 11) is 1.31. The highest BCUT2D eigenvalue weighted by Crippen LogP contribution is 2.12. The Kier molecular flexibility index (Phi) is 7.16. The number of halogens is 1. The van der Waals surface area contributed by atoms with Gasteiger partial charge in [0.05, 0.1) is 18.8 Å². The lowest BCUT2D eigenvalue weighted by Crippen LogP contribution is -2.45. The van der Waals surface area contributed by atoms with Crippen LogP contribution in [0.15, 0.2) is 0 Å². The number of methoxy groups -OCH3 is 1. The summed E-state index contributed by atoms with van der Waals surface area (Å²) in [5, 5.41) is 0. The fourth-order valence-corrected chi connectivity index (χ4v) is 0.959. The summed E-state index contributed by atoms with van der Waals surface area (Å²) < 4.78 is 10.0. The van der Waals surface area contributed by atoms with Crippen LogP contribution in [0.2, 0.25) is 0 Å². The molecular formula is C9H20ClNO3. The maximum Gasteiger partial charge on any atom is 0.325 e. The molecule has 5 heteroatoms. The third-order valence-corrected chi connectivity index (χ3v) is 1.52. The number of carbonyl (C=O) groups is 1. The number of hydrogen-bond acceptors (Lipinski definition) is 4. The molecule has 2 N–H and O–H groups in total. The minimum Gasteiger partial charge on any atom is -0.468 e. The largest absolute Gasteiger partial charge is 0.468 e. The molecule has 0 amide bonds. The van der Waals surface area contributed by atoms with Crippen molar-refractivity contribution in [1.29, 1.82) is 0 Å². The van der Waals surface area contributed by atoms with Gasteiger partial charge < -0.3 is 15.2 Å². The van der Waals surface area contributed by atoms with Crippen LogP contribution in [0, 0.1) is 0 Å². The zero-order valence-corrected chi connectivity index (χ0v) is 10.2. The zero-order valence-electron chi connectivity index (χ0n) is 9.37. The van der Waals surface area contributed by atoms with Crippen LogP contribution in [0.5, 0.6) is 0 Å². The van der Waals surface area contributed by atoms with Gasteiger partial charge in [-0.05, 0) is 27.7 Å². The molecule has 0 saturated carbocycles. The van der Waals surface area contributed by atoms with Crippen molar-refractivity contribution in [2.45, 2.75) is 45.4 Å². The summed E-state index contributed by atoms with van der Waals surface area (Å²) >= 11 is 0. The molecule has 0 aromatic heterocycles. The SMILES string of the molecule is COC(=O)[C@@H](N)[C@@H](C)OC(C)(C)C.Cl. The molecule has 0 aliphatic heterocycles. The molecule has 2 atom stereocenters. The average Bonchev–Trinajstić information content (AvgIpc) is 1.98. The first kappa shape index (κ1) is 16.1. The van der Waals surface area contributed by atoms with Gasteiger partial charge in [0, 0.05) is 0 Å². The summed E-state index contributed by atoms with van der Waals surface area (Å²) in [6.45, 7) is 7.49. The topological polar surface area (TPSA) is 61.5 Å². The molecule has 86 valence electrons. The molecule has 0 saturated heterocycles. The lowest BCUT2D eigenvalue weighted by atomic mass is 10.1. The minimum atomic E-state index is -0.718. The summed E-state index contributed by atoms with van der Waals surface area (Å²) in [5.74, 6) is -0.447. The van der Waals surface area contributed by atoms with Crippen molar-refractivity contribution in [1.82, 2.24) is 0 Å². The van der Waals surface area contributed by atoms with Gasteiger partial charge in [0.25, 0.3) is 0 Å². The number of rotatable bonds is 3. The van der Waals surface area contributed by atoms with Crippen molar-refractivity contribution in [2.75, 3.05) is 7.11 Å². The molecule has 4 nitrogen and oxygen atoms in total. The average molecular weight is 226 g/mol. The summed E-state index contributed by atoms with van der Waals surface area (Å²) in [5.41, 5.74) is 5.28. The smallest absolute Gasteiger partial charge is 0.325 e. The Morgan fingerprint density at radius 1 is 1.36 bits per heavy atom. The molecule has 0 aromatic rings. The van der Waals surface area contributed by atoms with Gasteiger partial charge in [-0.25, -0.2) is 0 Å². The van der Waals surface area contributed by atoms with Crippen molar-refractivity contribution in [2.24, 2.45) is 5.73 Å². The van der Waals surface area contributed by atoms with Crippen LogP contribution < -0.4 is 5.73 Å². The summed E-state index contributed by atoms with van der Waals surface area (Å²) in [6, 6.07) is -0.718. The van der Waals surface area contributed by atoms with E-state index in [0.717, 1.165) is 0 Å². The molecule has 0 unspecified atom stereocenters. The van der Waals surface area contributed by atoms with Gasteiger partial charge in [-0.15, -0.1) is 12.4 Å². The van der Waals surface area contributed by atoms with Crippen molar-refractivity contribution in [3.63, 3.8) is 0 Å². The molecule has 0 bridgehead atoms. The highest BCUT2D eigenvalue weighted by atomic mass is 35.5. The van der Waals surface area contributed by atoms with E-state index < -0.39 is 12.0 Å². The Bertz CT molecular complexity index is 179. The molecule has 0 spiro atoms. The predicted molar refractivity (Wildman–Crippen MR) is 57.5 cm³/mol. The minimum absolute atomic E-state index is 0. The third-order valence-electron chi connectivity index (χ3n) is 1.52. The van der Waals surface area contributed by atoms with E-state index >= 15 is 0 Å². The molecule has 0 aromatic carbocycles. The highest BCUT2D eigenvalue weighted by Gasteiger charge is 2.26. The Morgan fingerprint density at radius 2 is 1.79 bits per heavy atom. The van der Waals surface area contributed by atoms with Crippen LogP contribution in [0.3, 0.4) is 0 Å². The molecule has 0 rings (SSSR count). The molecule has 0 radical (unpaired) electrons. The monoisotopic (exact) mass is 225 g/mol. The van der Waals surface area contributed by atoms with Crippen LogP contribution >= 0.6 is 12.4 Å². The second-order valence-corrected chi connectivity index (χ2v) is 3.98. The molecule has 0 aliphatic rings. The van der Waals surface area contributed by atoms with E-state index in [1.807, 2.05) is 20.8 Å². The zero-order chi connectivity index (χ0) is 10.6. The van der Waals surface area contributed by atoms with Crippen molar-refractivity contribution in [3.05, 3.63) is 0 Å². The normalized spacial score (nSPS) is 15.3. The number of ether oxygens (including phenoxy) is 2. The fourth-order valence-electron chi connectivity index (χ4n) is 0.959. The Balaban J connectivity index is 0. The molecule has 0 heterocycles. The first-order valence-corrected chi connectivity index (χ1v) is 4.29. The maximum absolute atomic E-state index is 11.0. The van der Waals surface area contributed by atoms with E-state index in [0.29, 0.717) is 0 Å². The van der Waals surface area contributed by atoms with E-state index in [2.05, 4.69) is 4.74 Å². The van der Waals surface area contributed by atoms with E-state index in [4.69, 9.17) is 10.5 Å². The summed E-state index contributed by atoms with van der Waals surface area (Å²) in [6.07, 6.45) is -0.340. The van der Waals surface area contributed by atoms with Crippen molar-refractivity contribution in [3.8, 4) is 0 Å². The van der Waals surface area contributed by atoms with Crippen LogP contribution in [0.1, 0.15) is 27.7 Å².